The van der Waals surface area contributed by atoms with Gasteiger partial charge >= 0.3 is 5.97 Å². The zero-order valence-corrected chi connectivity index (χ0v) is 19.2. The van der Waals surface area contributed by atoms with Crippen LogP contribution < -0.4 is 0 Å². The van der Waals surface area contributed by atoms with Crippen LogP contribution in [0.15, 0.2) is 24.3 Å². The van der Waals surface area contributed by atoms with Crippen molar-refractivity contribution < 1.29 is 19.1 Å². The van der Waals surface area contributed by atoms with Gasteiger partial charge in [0.2, 0.25) is 5.91 Å². The van der Waals surface area contributed by atoms with E-state index in [1.807, 2.05) is 4.90 Å². The van der Waals surface area contributed by atoms with E-state index >= 15 is 0 Å². The average molecular weight is 431 g/mol. The Morgan fingerprint density at radius 1 is 1.13 bits per heavy atom. The molecular formula is C25H38N2O4. The van der Waals surface area contributed by atoms with E-state index in [4.69, 9.17) is 9.47 Å². The number of amides is 1. The fraction of sp³-hybridized carbons (Fsp3) is 0.680. The SMILES string of the molecule is COC(=O)CCCC(=O)N(CC1CCN(Cc2ccccc2C)CC1)CC1CCCO1. The molecule has 1 unspecified atom stereocenters. The predicted molar refractivity (Wildman–Crippen MR) is 121 cm³/mol. The van der Waals surface area contributed by atoms with Gasteiger partial charge in [-0.05, 0) is 69.2 Å². The second-order valence-corrected chi connectivity index (χ2v) is 9.01. The second kappa shape index (κ2) is 12.2. The lowest BCUT2D eigenvalue weighted by Gasteiger charge is -2.36. The number of likely N-dealkylation sites (tertiary alicyclic amines) is 1. The summed E-state index contributed by atoms with van der Waals surface area (Å²) in [6.07, 6.45) is 5.73. The van der Waals surface area contributed by atoms with Crippen molar-refractivity contribution in [2.24, 2.45) is 5.92 Å². The predicted octanol–water partition coefficient (Wildman–Crippen LogP) is 3.56. The normalized spacial score (nSPS) is 20.0. The molecule has 6 heteroatoms. The lowest BCUT2D eigenvalue weighted by atomic mass is 9.95. The van der Waals surface area contributed by atoms with E-state index < -0.39 is 0 Å². The Bertz CT molecular complexity index is 709. The zero-order valence-electron chi connectivity index (χ0n) is 19.2. The average Bonchev–Trinajstić information content (AvgIpc) is 3.29. The number of carbonyl (C=O) groups excluding carboxylic acids is 2. The van der Waals surface area contributed by atoms with Crippen molar-refractivity contribution in [3.05, 3.63) is 35.4 Å². The molecule has 1 atom stereocenters. The van der Waals surface area contributed by atoms with Crippen LogP contribution in [0.25, 0.3) is 0 Å². The number of esters is 1. The van der Waals surface area contributed by atoms with Crippen molar-refractivity contribution in [1.82, 2.24) is 9.80 Å². The zero-order chi connectivity index (χ0) is 22.1. The van der Waals surface area contributed by atoms with Gasteiger partial charge in [0.25, 0.3) is 0 Å². The number of methoxy groups -OCH3 is 1. The third-order valence-electron chi connectivity index (χ3n) is 6.64. The standard InChI is InChI=1S/C25H38N2O4/c1-20-7-3-4-8-22(20)18-26-14-12-21(13-15-26)17-27(19-23-9-6-16-31-23)24(28)10-5-11-25(29)30-2/h3-4,7-8,21,23H,5-6,9-19H2,1-2H3. The first-order chi connectivity index (χ1) is 15.0. The summed E-state index contributed by atoms with van der Waals surface area (Å²) in [5.74, 6) is 0.417. The Labute approximate surface area is 186 Å². The number of nitrogens with zero attached hydrogens (tertiary/aromatic N) is 2. The van der Waals surface area contributed by atoms with Crippen molar-refractivity contribution in [1.29, 1.82) is 0 Å². The summed E-state index contributed by atoms with van der Waals surface area (Å²) in [5.41, 5.74) is 2.76. The van der Waals surface area contributed by atoms with Gasteiger partial charge in [-0.3, -0.25) is 14.5 Å². The lowest BCUT2D eigenvalue weighted by molar-refractivity contribution is -0.141. The molecule has 31 heavy (non-hydrogen) atoms. The molecule has 0 aromatic heterocycles. The van der Waals surface area contributed by atoms with E-state index in [1.54, 1.807) is 0 Å². The van der Waals surface area contributed by atoms with Gasteiger partial charge in [-0.25, -0.2) is 0 Å². The molecule has 6 nitrogen and oxygen atoms in total. The molecule has 172 valence electrons. The summed E-state index contributed by atoms with van der Waals surface area (Å²) in [5, 5.41) is 0. The fourth-order valence-corrected chi connectivity index (χ4v) is 4.62. The van der Waals surface area contributed by atoms with Crippen LogP contribution in [0.5, 0.6) is 0 Å². The minimum Gasteiger partial charge on any atom is -0.469 e. The van der Waals surface area contributed by atoms with Gasteiger partial charge in [0, 0.05) is 39.1 Å². The molecule has 0 N–H and O–H groups in total. The molecule has 0 saturated carbocycles. The molecule has 2 aliphatic rings. The molecular weight excluding hydrogens is 392 g/mol. The second-order valence-electron chi connectivity index (χ2n) is 9.01. The maximum atomic E-state index is 12.9. The van der Waals surface area contributed by atoms with Crippen LogP contribution >= 0.6 is 0 Å². The molecule has 0 radical (unpaired) electrons. The van der Waals surface area contributed by atoms with Crippen molar-refractivity contribution in [2.75, 3.05) is 39.9 Å². The number of rotatable bonds is 10. The van der Waals surface area contributed by atoms with Crippen molar-refractivity contribution in [3.63, 3.8) is 0 Å². The van der Waals surface area contributed by atoms with Gasteiger partial charge in [-0.15, -0.1) is 0 Å². The van der Waals surface area contributed by atoms with Crippen LogP contribution in [0.1, 0.15) is 56.1 Å². The molecule has 1 aromatic carbocycles. The number of piperidine rings is 1. The molecule has 2 aliphatic heterocycles. The molecule has 2 fully saturated rings. The molecule has 0 aliphatic carbocycles. The van der Waals surface area contributed by atoms with Crippen LogP contribution in [0, 0.1) is 12.8 Å². The minimum absolute atomic E-state index is 0.141. The molecule has 1 amide bonds. The summed E-state index contributed by atoms with van der Waals surface area (Å²) in [6, 6.07) is 8.61. The maximum absolute atomic E-state index is 12.9. The summed E-state index contributed by atoms with van der Waals surface area (Å²) < 4.78 is 10.5. The van der Waals surface area contributed by atoms with E-state index in [9.17, 15) is 9.59 Å². The number of benzene rings is 1. The van der Waals surface area contributed by atoms with Gasteiger partial charge in [0.15, 0.2) is 0 Å². The van der Waals surface area contributed by atoms with Crippen LogP contribution in [-0.4, -0.2) is 67.7 Å². The maximum Gasteiger partial charge on any atom is 0.305 e. The van der Waals surface area contributed by atoms with E-state index in [1.165, 1.54) is 18.2 Å². The number of ether oxygens (including phenoxy) is 2. The van der Waals surface area contributed by atoms with Gasteiger partial charge < -0.3 is 14.4 Å². The third-order valence-corrected chi connectivity index (χ3v) is 6.64. The van der Waals surface area contributed by atoms with Gasteiger partial charge in [0.05, 0.1) is 13.2 Å². The highest BCUT2D eigenvalue weighted by Gasteiger charge is 2.27. The highest BCUT2D eigenvalue weighted by molar-refractivity contribution is 5.77. The van der Waals surface area contributed by atoms with Crippen molar-refractivity contribution >= 4 is 11.9 Å². The number of hydrogen-bond donors (Lipinski definition) is 0. The topological polar surface area (TPSA) is 59.1 Å². The van der Waals surface area contributed by atoms with Crippen LogP contribution in [-0.2, 0) is 25.6 Å². The Morgan fingerprint density at radius 2 is 1.90 bits per heavy atom. The van der Waals surface area contributed by atoms with E-state index in [-0.39, 0.29) is 18.0 Å². The molecule has 1 aromatic rings. The summed E-state index contributed by atoms with van der Waals surface area (Å²) in [7, 11) is 1.39. The van der Waals surface area contributed by atoms with E-state index in [2.05, 4.69) is 36.1 Å². The van der Waals surface area contributed by atoms with E-state index in [0.29, 0.717) is 31.7 Å². The lowest BCUT2D eigenvalue weighted by Crippen LogP contribution is -2.43. The first kappa shape index (κ1) is 23.7. The molecule has 3 rings (SSSR count). The van der Waals surface area contributed by atoms with E-state index in [0.717, 1.165) is 58.5 Å². The first-order valence-corrected chi connectivity index (χ1v) is 11.8. The summed E-state index contributed by atoms with van der Waals surface area (Å²) in [6.45, 7) is 7.61. The minimum atomic E-state index is -0.250. The number of carbonyl (C=O) groups is 2. The number of hydrogen-bond acceptors (Lipinski definition) is 5. The van der Waals surface area contributed by atoms with Crippen molar-refractivity contribution in [3.8, 4) is 0 Å². The van der Waals surface area contributed by atoms with Crippen LogP contribution in [0.2, 0.25) is 0 Å². The molecule has 2 heterocycles. The van der Waals surface area contributed by atoms with Gasteiger partial charge in [0.1, 0.15) is 0 Å². The largest absolute Gasteiger partial charge is 0.469 e. The third kappa shape index (κ3) is 7.62. The summed E-state index contributed by atoms with van der Waals surface area (Å²) >= 11 is 0. The first-order valence-electron chi connectivity index (χ1n) is 11.8. The fourth-order valence-electron chi connectivity index (χ4n) is 4.62. The Morgan fingerprint density at radius 3 is 2.58 bits per heavy atom. The molecule has 0 spiro atoms. The highest BCUT2D eigenvalue weighted by Crippen LogP contribution is 2.23. The Hall–Kier alpha value is -1.92. The van der Waals surface area contributed by atoms with Crippen LogP contribution in [0.3, 0.4) is 0 Å². The monoisotopic (exact) mass is 430 g/mol. The summed E-state index contributed by atoms with van der Waals surface area (Å²) in [4.78, 5) is 28.8. The highest BCUT2D eigenvalue weighted by atomic mass is 16.5. The van der Waals surface area contributed by atoms with Crippen molar-refractivity contribution in [2.45, 2.75) is 64.5 Å². The smallest absolute Gasteiger partial charge is 0.305 e. The van der Waals surface area contributed by atoms with Gasteiger partial charge in [-0.1, -0.05) is 24.3 Å². The van der Waals surface area contributed by atoms with Crippen LogP contribution in [0.4, 0.5) is 0 Å². The molecule has 2 saturated heterocycles. The Balaban J connectivity index is 1.48. The number of aryl methyl sites for hydroxylation is 1. The quantitative estimate of drug-likeness (QED) is 0.531. The van der Waals surface area contributed by atoms with Gasteiger partial charge in [-0.2, -0.15) is 0 Å². The molecule has 0 bridgehead atoms. The Kier molecular flexibility index (Phi) is 9.34.